The molecule has 1 N–H and O–H groups in total. The number of hydrogen-bond acceptors (Lipinski definition) is 5. The molecule has 1 aliphatic rings. The van der Waals surface area contributed by atoms with E-state index in [4.69, 9.17) is 10.1 Å². The number of hydroxylamine groups is 1. The highest BCUT2D eigenvalue weighted by molar-refractivity contribution is 7.92. The topological polar surface area (TPSA) is 79.2 Å². The summed E-state index contributed by atoms with van der Waals surface area (Å²) in [6, 6.07) is 1.55. The van der Waals surface area contributed by atoms with Crippen LogP contribution in [0.15, 0.2) is 11.8 Å². The fourth-order valence-corrected chi connectivity index (χ4v) is 4.19. The number of nitriles is 1. The summed E-state index contributed by atoms with van der Waals surface area (Å²) in [5.41, 5.74) is 3.36. The maximum atomic E-state index is 12.9. The van der Waals surface area contributed by atoms with E-state index in [-0.39, 0.29) is 12.8 Å². The van der Waals surface area contributed by atoms with E-state index in [0.717, 1.165) is 0 Å². The smallest absolute Gasteiger partial charge is 0.277 e. The molecule has 25 heavy (non-hydrogen) atoms. The van der Waals surface area contributed by atoms with Crippen LogP contribution in [0.5, 0.6) is 0 Å². The zero-order valence-corrected chi connectivity index (χ0v) is 14.3. The number of alkyl halides is 5. The molecule has 5 nitrogen and oxygen atoms in total. The molecule has 0 aliphatic heterocycles. The predicted molar refractivity (Wildman–Crippen MR) is 79.0 cm³/mol. The van der Waals surface area contributed by atoms with Gasteiger partial charge in [0.15, 0.2) is 15.1 Å². The summed E-state index contributed by atoms with van der Waals surface area (Å²) in [5.74, 6) is -7.18. The van der Waals surface area contributed by atoms with Gasteiger partial charge >= 0.3 is 12.1 Å². The summed E-state index contributed by atoms with van der Waals surface area (Å²) in [6.07, 6.45) is -5.23. The largest absolute Gasteiger partial charge is 0.453 e. The van der Waals surface area contributed by atoms with Gasteiger partial charge in [-0.15, -0.1) is 0 Å². The Kier molecular flexibility index (Phi) is 7.19. The Bertz CT molecular complexity index is 625. The average Bonchev–Trinajstić information content (AvgIpc) is 2.52. The van der Waals surface area contributed by atoms with E-state index in [9.17, 15) is 30.4 Å². The van der Waals surface area contributed by atoms with Crippen molar-refractivity contribution in [1.29, 1.82) is 5.26 Å². The molecule has 11 heteroatoms. The van der Waals surface area contributed by atoms with Crippen LogP contribution < -0.4 is 5.48 Å². The van der Waals surface area contributed by atoms with Crippen LogP contribution >= 0.6 is 0 Å². The number of hydrogen-bond donors (Lipinski definition) is 1. The maximum Gasteiger partial charge on any atom is 0.453 e. The third-order valence-corrected chi connectivity index (χ3v) is 5.89. The van der Waals surface area contributed by atoms with Crippen molar-refractivity contribution >= 4 is 9.84 Å². The first-order chi connectivity index (χ1) is 11.4. The van der Waals surface area contributed by atoms with E-state index in [1.165, 1.54) is 0 Å². The lowest BCUT2D eigenvalue weighted by Crippen LogP contribution is -2.40. The Morgan fingerprint density at radius 2 is 2.04 bits per heavy atom. The Morgan fingerprint density at radius 1 is 1.40 bits per heavy atom. The van der Waals surface area contributed by atoms with Crippen LogP contribution in [0, 0.1) is 17.2 Å². The quantitative estimate of drug-likeness (QED) is 0.509. The summed E-state index contributed by atoms with van der Waals surface area (Å²) < 4.78 is 86.5. The SMILES string of the molecule is CCONC1=CCC(C(C#N)S(=O)(=O)CCC(F)(F)C(F)(F)F)CC1. The first kappa shape index (κ1) is 21.6. The van der Waals surface area contributed by atoms with Crippen molar-refractivity contribution in [3.63, 3.8) is 0 Å². The molecule has 0 saturated carbocycles. The first-order valence-corrected chi connectivity index (χ1v) is 9.28. The molecule has 0 radical (unpaired) electrons. The van der Waals surface area contributed by atoms with Gasteiger partial charge in [0.1, 0.15) is 0 Å². The van der Waals surface area contributed by atoms with Gasteiger partial charge < -0.3 is 0 Å². The molecule has 0 fully saturated rings. The Balaban J connectivity index is 2.76. The fraction of sp³-hybridized carbons (Fsp3) is 0.786. The number of allylic oxidation sites excluding steroid dienone is 2. The summed E-state index contributed by atoms with van der Waals surface area (Å²) >= 11 is 0. The molecular weight excluding hydrogens is 371 g/mol. The van der Waals surface area contributed by atoms with Gasteiger partial charge in [0.2, 0.25) is 0 Å². The highest BCUT2D eigenvalue weighted by Crippen LogP contribution is 2.39. The van der Waals surface area contributed by atoms with Crippen LogP contribution in [0.1, 0.15) is 32.6 Å². The van der Waals surface area contributed by atoms with Crippen molar-refractivity contribution in [2.24, 2.45) is 5.92 Å². The third-order valence-electron chi connectivity index (χ3n) is 3.86. The van der Waals surface area contributed by atoms with Crippen molar-refractivity contribution < 1.29 is 35.2 Å². The van der Waals surface area contributed by atoms with Gasteiger partial charge in [-0.05, 0) is 32.1 Å². The minimum Gasteiger partial charge on any atom is -0.277 e. The average molecular weight is 390 g/mol. The van der Waals surface area contributed by atoms with Gasteiger partial charge in [-0.1, -0.05) is 6.08 Å². The minimum atomic E-state index is -5.82. The van der Waals surface area contributed by atoms with Crippen LogP contribution in [0.4, 0.5) is 22.0 Å². The molecule has 2 atom stereocenters. The molecule has 0 spiro atoms. The van der Waals surface area contributed by atoms with Gasteiger partial charge in [0, 0.05) is 12.1 Å². The number of halogens is 5. The molecule has 1 aliphatic carbocycles. The highest BCUT2D eigenvalue weighted by atomic mass is 32.2. The molecule has 144 valence electrons. The molecule has 0 aromatic rings. The van der Waals surface area contributed by atoms with Crippen molar-refractivity contribution in [2.45, 2.75) is 50.0 Å². The van der Waals surface area contributed by atoms with Crippen molar-refractivity contribution in [3.05, 3.63) is 11.8 Å². The second kappa shape index (κ2) is 8.31. The Hall–Kier alpha value is -1.41. The molecular formula is C14H19F5N2O3S. The molecule has 0 bridgehead atoms. The van der Waals surface area contributed by atoms with Gasteiger partial charge in [0.25, 0.3) is 0 Å². The van der Waals surface area contributed by atoms with E-state index in [2.05, 4.69) is 5.48 Å². The lowest BCUT2D eigenvalue weighted by molar-refractivity contribution is -0.282. The Morgan fingerprint density at radius 3 is 2.48 bits per heavy atom. The number of nitrogens with one attached hydrogen (secondary N) is 1. The zero-order valence-electron chi connectivity index (χ0n) is 13.4. The first-order valence-electron chi connectivity index (χ1n) is 7.57. The third kappa shape index (κ3) is 5.81. The van der Waals surface area contributed by atoms with Crippen LogP contribution in [0.3, 0.4) is 0 Å². The molecule has 2 unspecified atom stereocenters. The standard InChI is InChI=1S/C14H19F5N2O3S/c1-2-24-21-11-5-3-10(4-6-11)12(9-20)25(22,23)8-7-13(15,16)14(17,18)19/h5,10,12,21H,2-4,6-8H2,1H3. The second-order valence-electron chi connectivity index (χ2n) is 5.67. The van der Waals surface area contributed by atoms with Gasteiger partial charge in [-0.3, -0.25) is 10.3 Å². The summed E-state index contributed by atoms with van der Waals surface area (Å²) in [4.78, 5) is 4.98. The Labute approximate surface area is 142 Å². The number of nitrogens with zero attached hydrogens (tertiary/aromatic N) is 1. The molecule has 0 amide bonds. The van der Waals surface area contributed by atoms with Gasteiger partial charge in [-0.2, -0.15) is 27.2 Å². The van der Waals surface area contributed by atoms with Crippen LogP contribution in [0.2, 0.25) is 0 Å². The predicted octanol–water partition coefficient (Wildman–Crippen LogP) is 3.11. The van der Waals surface area contributed by atoms with E-state index >= 15 is 0 Å². The van der Waals surface area contributed by atoms with Crippen LogP contribution in [-0.2, 0) is 14.7 Å². The molecule has 0 saturated heterocycles. The van der Waals surface area contributed by atoms with Gasteiger partial charge in [0.05, 0.1) is 18.4 Å². The molecule has 0 aromatic carbocycles. The lowest BCUT2D eigenvalue weighted by Gasteiger charge is -2.26. The molecule has 0 aromatic heterocycles. The normalized spacial score (nSPS) is 20.5. The highest BCUT2D eigenvalue weighted by Gasteiger charge is 2.57. The summed E-state index contributed by atoms with van der Waals surface area (Å²) in [6.45, 7) is 2.16. The van der Waals surface area contributed by atoms with Crippen molar-refractivity contribution in [2.75, 3.05) is 12.4 Å². The zero-order chi connectivity index (χ0) is 19.3. The maximum absolute atomic E-state index is 12.9. The van der Waals surface area contributed by atoms with Crippen molar-refractivity contribution in [1.82, 2.24) is 5.48 Å². The number of rotatable bonds is 8. The van der Waals surface area contributed by atoms with Gasteiger partial charge in [-0.25, -0.2) is 8.42 Å². The van der Waals surface area contributed by atoms with E-state index in [1.54, 1.807) is 19.1 Å². The van der Waals surface area contributed by atoms with E-state index in [1.807, 2.05) is 0 Å². The monoisotopic (exact) mass is 390 g/mol. The fourth-order valence-electron chi connectivity index (χ4n) is 2.41. The summed E-state index contributed by atoms with van der Waals surface area (Å²) in [7, 11) is -4.42. The van der Waals surface area contributed by atoms with Crippen LogP contribution in [0.25, 0.3) is 0 Å². The van der Waals surface area contributed by atoms with E-state index in [0.29, 0.717) is 18.7 Å². The molecule has 1 rings (SSSR count). The number of sulfone groups is 1. The second-order valence-corrected chi connectivity index (χ2v) is 7.91. The minimum absolute atomic E-state index is 0.183. The van der Waals surface area contributed by atoms with Crippen molar-refractivity contribution in [3.8, 4) is 6.07 Å². The lowest BCUT2D eigenvalue weighted by atomic mass is 9.90. The van der Waals surface area contributed by atoms with E-state index < -0.39 is 45.3 Å². The van der Waals surface area contributed by atoms with Crippen LogP contribution in [-0.4, -0.2) is 38.1 Å². The molecule has 0 heterocycles. The summed E-state index contributed by atoms with van der Waals surface area (Å²) in [5, 5.41) is 7.49.